The summed E-state index contributed by atoms with van der Waals surface area (Å²) in [6, 6.07) is 8.32. The van der Waals surface area contributed by atoms with Gasteiger partial charge in [-0.1, -0.05) is 12.1 Å². The van der Waals surface area contributed by atoms with Gasteiger partial charge in [0.05, 0.1) is 18.1 Å². The van der Waals surface area contributed by atoms with Gasteiger partial charge in [0.1, 0.15) is 0 Å². The first-order chi connectivity index (χ1) is 9.79. The fraction of sp³-hybridized carbons (Fsp3) is 0.467. The average molecular weight is 272 g/mol. The fourth-order valence-electron chi connectivity index (χ4n) is 2.68. The number of hydrogen-bond acceptors (Lipinski definition) is 5. The number of nitrogens with one attached hydrogen (secondary N) is 1. The SMILES string of the molecule is COc1nc2ccccc2nc1N(C)[C@@H]1CCCNC1. The number of likely N-dealkylation sites (N-methyl/N-ethyl adjacent to an activating group) is 1. The minimum Gasteiger partial charge on any atom is -0.478 e. The molecule has 3 rings (SSSR count). The second kappa shape index (κ2) is 5.63. The Labute approximate surface area is 119 Å². The smallest absolute Gasteiger partial charge is 0.257 e. The Kier molecular flexibility index (Phi) is 3.69. The lowest BCUT2D eigenvalue weighted by atomic mass is 10.1. The lowest BCUT2D eigenvalue weighted by Crippen LogP contribution is -2.44. The molecule has 1 N–H and O–H groups in total. The minimum absolute atomic E-state index is 0.438. The molecular formula is C15H20N4O. The van der Waals surface area contributed by atoms with E-state index in [1.165, 1.54) is 12.8 Å². The average Bonchev–Trinajstić information content (AvgIpc) is 2.53. The highest BCUT2D eigenvalue weighted by Crippen LogP contribution is 2.28. The number of anilines is 1. The molecule has 1 saturated heterocycles. The van der Waals surface area contributed by atoms with Gasteiger partial charge in [-0.05, 0) is 31.5 Å². The molecular weight excluding hydrogens is 252 g/mol. The molecule has 1 aliphatic rings. The van der Waals surface area contributed by atoms with Crippen LogP contribution in [0.2, 0.25) is 0 Å². The molecule has 20 heavy (non-hydrogen) atoms. The zero-order valence-electron chi connectivity index (χ0n) is 12.0. The molecule has 1 fully saturated rings. The van der Waals surface area contributed by atoms with Crippen LogP contribution in [0.4, 0.5) is 5.82 Å². The molecule has 0 radical (unpaired) electrons. The third-order valence-corrected chi connectivity index (χ3v) is 3.87. The molecule has 5 heteroatoms. The molecule has 0 aliphatic carbocycles. The number of piperidine rings is 1. The van der Waals surface area contributed by atoms with Gasteiger partial charge in [-0.2, -0.15) is 0 Å². The summed E-state index contributed by atoms with van der Waals surface area (Å²) in [7, 11) is 3.72. The number of fused-ring (bicyclic) bond motifs is 1. The van der Waals surface area contributed by atoms with Crippen molar-refractivity contribution in [3.63, 3.8) is 0 Å². The maximum Gasteiger partial charge on any atom is 0.257 e. The highest BCUT2D eigenvalue weighted by atomic mass is 16.5. The molecule has 2 aromatic rings. The van der Waals surface area contributed by atoms with Crippen LogP contribution in [0.5, 0.6) is 5.88 Å². The van der Waals surface area contributed by atoms with E-state index in [9.17, 15) is 0 Å². The van der Waals surface area contributed by atoms with Crippen LogP contribution in [0.15, 0.2) is 24.3 Å². The highest BCUT2D eigenvalue weighted by molar-refractivity contribution is 5.77. The number of benzene rings is 1. The Morgan fingerprint density at radius 1 is 1.25 bits per heavy atom. The van der Waals surface area contributed by atoms with Crippen LogP contribution in [0.25, 0.3) is 11.0 Å². The number of methoxy groups -OCH3 is 1. The van der Waals surface area contributed by atoms with Gasteiger partial charge in [0.15, 0.2) is 5.82 Å². The van der Waals surface area contributed by atoms with Crippen LogP contribution in [-0.2, 0) is 0 Å². The summed E-state index contributed by atoms with van der Waals surface area (Å²) in [5.74, 6) is 1.41. The lowest BCUT2D eigenvalue weighted by Gasteiger charge is -2.32. The van der Waals surface area contributed by atoms with Crippen LogP contribution < -0.4 is 15.0 Å². The quantitative estimate of drug-likeness (QED) is 0.923. The van der Waals surface area contributed by atoms with Crippen molar-refractivity contribution in [3.05, 3.63) is 24.3 Å². The van der Waals surface area contributed by atoms with E-state index in [0.29, 0.717) is 11.9 Å². The summed E-state index contributed by atoms with van der Waals surface area (Å²) in [4.78, 5) is 11.5. The monoisotopic (exact) mass is 272 g/mol. The van der Waals surface area contributed by atoms with Crippen molar-refractivity contribution in [3.8, 4) is 5.88 Å². The molecule has 2 heterocycles. The van der Waals surface area contributed by atoms with E-state index in [0.717, 1.165) is 29.9 Å². The molecule has 0 unspecified atom stereocenters. The van der Waals surface area contributed by atoms with Crippen molar-refractivity contribution in [1.82, 2.24) is 15.3 Å². The largest absolute Gasteiger partial charge is 0.478 e. The van der Waals surface area contributed by atoms with E-state index >= 15 is 0 Å². The fourth-order valence-corrected chi connectivity index (χ4v) is 2.68. The Bertz CT molecular complexity index is 595. The molecule has 1 aromatic heterocycles. The first kappa shape index (κ1) is 13.1. The topological polar surface area (TPSA) is 50.3 Å². The van der Waals surface area contributed by atoms with Gasteiger partial charge in [-0.25, -0.2) is 9.97 Å². The number of aromatic nitrogens is 2. The summed E-state index contributed by atoms with van der Waals surface area (Å²) >= 11 is 0. The van der Waals surface area contributed by atoms with Crippen molar-refractivity contribution < 1.29 is 4.74 Å². The predicted molar refractivity (Wildman–Crippen MR) is 80.4 cm³/mol. The molecule has 1 aliphatic heterocycles. The summed E-state index contributed by atoms with van der Waals surface area (Å²) < 4.78 is 5.43. The van der Waals surface area contributed by atoms with Crippen molar-refractivity contribution in [2.45, 2.75) is 18.9 Å². The summed E-state index contributed by atoms with van der Waals surface area (Å²) in [5, 5.41) is 3.43. The molecule has 0 spiro atoms. The number of nitrogens with zero attached hydrogens (tertiary/aromatic N) is 3. The number of ether oxygens (including phenoxy) is 1. The van der Waals surface area contributed by atoms with Crippen molar-refractivity contribution in [2.24, 2.45) is 0 Å². The van der Waals surface area contributed by atoms with Gasteiger partial charge in [0.25, 0.3) is 5.88 Å². The Balaban J connectivity index is 1.99. The van der Waals surface area contributed by atoms with Crippen LogP contribution in [0.3, 0.4) is 0 Å². The second-order valence-corrected chi connectivity index (χ2v) is 5.16. The Morgan fingerprint density at radius 2 is 2.00 bits per heavy atom. The first-order valence-corrected chi connectivity index (χ1v) is 7.04. The van der Waals surface area contributed by atoms with Gasteiger partial charge in [0, 0.05) is 19.6 Å². The third-order valence-electron chi connectivity index (χ3n) is 3.87. The second-order valence-electron chi connectivity index (χ2n) is 5.16. The van der Waals surface area contributed by atoms with E-state index < -0.39 is 0 Å². The van der Waals surface area contributed by atoms with E-state index in [-0.39, 0.29) is 0 Å². The zero-order chi connectivity index (χ0) is 13.9. The molecule has 1 aromatic carbocycles. The zero-order valence-corrected chi connectivity index (χ0v) is 12.0. The number of para-hydroxylation sites is 2. The van der Waals surface area contributed by atoms with E-state index in [4.69, 9.17) is 9.72 Å². The summed E-state index contributed by atoms with van der Waals surface area (Å²) in [6.45, 7) is 2.08. The van der Waals surface area contributed by atoms with Crippen molar-refractivity contribution in [2.75, 3.05) is 32.1 Å². The van der Waals surface area contributed by atoms with Crippen LogP contribution in [0, 0.1) is 0 Å². The summed E-state index contributed by atoms with van der Waals surface area (Å²) in [6.07, 6.45) is 2.36. The molecule has 0 bridgehead atoms. The van der Waals surface area contributed by atoms with Gasteiger partial charge < -0.3 is 15.0 Å². The highest BCUT2D eigenvalue weighted by Gasteiger charge is 2.22. The molecule has 5 nitrogen and oxygen atoms in total. The van der Waals surface area contributed by atoms with Crippen LogP contribution in [0.1, 0.15) is 12.8 Å². The minimum atomic E-state index is 0.438. The molecule has 106 valence electrons. The standard InChI is InChI=1S/C15H20N4O/c1-19(11-6-5-9-16-10-11)14-15(20-2)18-13-8-4-3-7-12(13)17-14/h3-4,7-8,11,16H,5-6,9-10H2,1-2H3/t11-/m1/s1. The summed E-state index contributed by atoms with van der Waals surface area (Å²) in [5.41, 5.74) is 1.77. The van der Waals surface area contributed by atoms with Crippen molar-refractivity contribution in [1.29, 1.82) is 0 Å². The third kappa shape index (κ3) is 2.41. The Morgan fingerprint density at radius 3 is 2.65 bits per heavy atom. The first-order valence-electron chi connectivity index (χ1n) is 7.04. The van der Waals surface area contributed by atoms with E-state index in [1.54, 1.807) is 7.11 Å². The molecule has 0 saturated carbocycles. The van der Waals surface area contributed by atoms with Crippen LogP contribution >= 0.6 is 0 Å². The Hall–Kier alpha value is -1.88. The van der Waals surface area contributed by atoms with Crippen LogP contribution in [-0.4, -0.2) is 43.3 Å². The number of rotatable bonds is 3. The van der Waals surface area contributed by atoms with Gasteiger partial charge >= 0.3 is 0 Å². The van der Waals surface area contributed by atoms with Crippen molar-refractivity contribution >= 4 is 16.9 Å². The molecule has 1 atom stereocenters. The van der Waals surface area contributed by atoms with E-state index in [1.807, 2.05) is 24.3 Å². The van der Waals surface area contributed by atoms with Gasteiger partial charge in [0.2, 0.25) is 0 Å². The number of hydrogen-bond donors (Lipinski definition) is 1. The van der Waals surface area contributed by atoms with E-state index in [2.05, 4.69) is 22.2 Å². The predicted octanol–water partition coefficient (Wildman–Crippen LogP) is 1.83. The molecule has 0 amide bonds. The normalized spacial score (nSPS) is 19.0. The van der Waals surface area contributed by atoms with Gasteiger partial charge in [-0.15, -0.1) is 0 Å². The maximum absolute atomic E-state index is 5.43. The maximum atomic E-state index is 5.43. The lowest BCUT2D eigenvalue weighted by molar-refractivity contribution is 0.390. The van der Waals surface area contributed by atoms with Gasteiger partial charge in [-0.3, -0.25) is 0 Å².